The summed E-state index contributed by atoms with van der Waals surface area (Å²) in [7, 11) is 0. The summed E-state index contributed by atoms with van der Waals surface area (Å²) in [5.41, 5.74) is 3.52. The number of ether oxygens (including phenoxy) is 1. The lowest BCUT2D eigenvalue weighted by atomic mass is 9.77. The second-order valence-electron chi connectivity index (χ2n) is 6.16. The van der Waals surface area contributed by atoms with Crippen molar-refractivity contribution in [3.63, 3.8) is 0 Å². The number of non-ortho nitro benzene ring substituents is 1. The Morgan fingerprint density at radius 3 is 2.70 bits per heavy atom. The normalized spacial score (nSPS) is 25.8. The van der Waals surface area contributed by atoms with Crippen molar-refractivity contribution >= 4 is 11.4 Å². The average molecular weight is 310 g/mol. The van der Waals surface area contributed by atoms with Crippen molar-refractivity contribution in [3.05, 3.63) is 69.8 Å². The van der Waals surface area contributed by atoms with E-state index in [1.54, 1.807) is 12.1 Å². The molecule has 0 radical (unpaired) electrons. The second kappa shape index (κ2) is 5.66. The van der Waals surface area contributed by atoms with Crippen LogP contribution in [0, 0.1) is 16.0 Å². The van der Waals surface area contributed by atoms with Gasteiger partial charge in [-0.15, -0.1) is 0 Å². The molecule has 2 aliphatic rings. The van der Waals surface area contributed by atoms with Crippen LogP contribution in [0.1, 0.15) is 36.1 Å². The first-order valence-corrected chi connectivity index (χ1v) is 7.95. The SMILES string of the molecule is O=[N+]([O-])c1ccc(C2Nc3ccccc3[C@H]3OCCC[C@@H]23)cc1. The molecule has 1 saturated heterocycles. The van der Waals surface area contributed by atoms with E-state index in [-0.39, 0.29) is 22.8 Å². The Bertz CT molecular complexity index is 729. The van der Waals surface area contributed by atoms with Gasteiger partial charge in [-0.1, -0.05) is 30.3 Å². The third-order valence-corrected chi connectivity index (χ3v) is 4.84. The van der Waals surface area contributed by atoms with Crippen molar-refractivity contribution in [2.24, 2.45) is 5.92 Å². The summed E-state index contributed by atoms with van der Waals surface area (Å²) in [6.45, 7) is 0.794. The number of para-hydroxylation sites is 1. The number of rotatable bonds is 2. The van der Waals surface area contributed by atoms with E-state index in [1.165, 1.54) is 5.56 Å². The summed E-state index contributed by atoms with van der Waals surface area (Å²) in [6.07, 6.45) is 2.24. The molecule has 0 bridgehead atoms. The fourth-order valence-corrected chi connectivity index (χ4v) is 3.75. The van der Waals surface area contributed by atoms with Crippen LogP contribution in [-0.2, 0) is 4.74 Å². The van der Waals surface area contributed by atoms with Gasteiger partial charge in [0.25, 0.3) is 5.69 Å². The van der Waals surface area contributed by atoms with E-state index in [2.05, 4.69) is 17.4 Å². The van der Waals surface area contributed by atoms with Crippen LogP contribution in [0.4, 0.5) is 11.4 Å². The van der Waals surface area contributed by atoms with Crippen molar-refractivity contribution in [2.75, 3.05) is 11.9 Å². The van der Waals surface area contributed by atoms with E-state index in [4.69, 9.17) is 4.74 Å². The van der Waals surface area contributed by atoms with Crippen LogP contribution in [0.5, 0.6) is 0 Å². The van der Waals surface area contributed by atoms with E-state index in [9.17, 15) is 10.1 Å². The maximum absolute atomic E-state index is 10.9. The zero-order chi connectivity index (χ0) is 15.8. The topological polar surface area (TPSA) is 64.4 Å². The predicted molar refractivity (Wildman–Crippen MR) is 87.3 cm³/mol. The third kappa shape index (κ3) is 2.47. The fourth-order valence-electron chi connectivity index (χ4n) is 3.75. The Morgan fingerprint density at radius 1 is 1.13 bits per heavy atom. The largest absolute Gasteiger partial charge is 0.378 e. The molecule has 2 aromatic rings. The molecule has 1 unspecified atom stereocenters. The Morgan fingerprint density at radius 2 is 1.91 bits per heavy atom. The Labute approximate surface area is 134 Å². The number of nitrogens with zero attached hydrogens (tertiary/aromatic N) is 1. The second-order valence-corrected chi connectivity index (χ2v) is 6.16. The highest BCUT2D eigenvalue weighted by atomic mass is 16.6. The maximum atomic E-state index is 10.9. The highest BCUT2D eigenvalue weighted by Crippen LogP contribution is 2.48. The van der Waals surface area contributed by atoms with Gasteiger partial charge in [-0.3, -0.25) is 10.1 Å². The van der Waals surface area contributed by atoms with Crippen molar-refractivity contribution in [1.82, 2.24) is 0 Å². The third-order valence-electron chi connectivity index (χ3n) is 4.84. The summed E-state index contributed by atoms with van der Waals surface area (Å²) in [5, 5.41) is 14.5. The van der Waals surface area contributed by atoms with E-state index >= 15 is 0 Å². The molecule has 118 valence electrons. The van der Waals surface area contributed by atoms with Gasteiger partial charge in [-0.05, 0) is 24.5 Å². The zero-order valence-corrected chi connectivity index (χ0v) is 12.6. The number of anilines is 1. The Balaban J connectivity index is 1.72. The molecule has 4 rings (SSSR count). The molecule has 2 heterocycles. The summed E-state index contributed by atoms with van der Waals surface area (Å²) in [6, 6.07) is 15.2. The first kappa shape index (κ1) is 14.2. The molecule has 1 N–H and O–H groups in total. The number of nitrogens with one attached hydrogen (secondary N) is 1. The summed E-state index contributed by atoms with van der Waals surface area (Å²) in [4.78, 5) is 10.5. The fraction of sp³-hybridized carbons (Fsp3) is 0.333. The van der Waals surface area contributed by atoms with Gasteiger partial charge in [0, 0.05) is 35.9 Å². The molecule has 0 spiro atoms. The monoisotopic (exact) mass is 310 g/mol. The van der Waals surface area contributed by atoms with Gasteiger partial charge < -0.3 is 10.1 Å². The Hall–Kier alpha value is -2.40. The lowest BCUT2D eigenvalue weighted by Crippen LogP contribution is -2.35. The number of nitro groups is 1. The van der Waals surface area contributed by atoms with Crippen LogP contribution in [0.3, 0.4) is 0 Å². The van der Waals surface area contributed by atoms with Crippen molar-refractivity contribution in [2.45, 2.75) is 25.0 Å². The minimum Gasteiger partial charge on any atom is -0.378 e. The Kier molecular flexibility index (Phi) is 3.50. The molecule has 23 heavy (non-hydrogen) atoms. The van der Waals surface area contributed by atoms with Crippen molar-refractivity contribution < 1.29 is 9.66 Å². The van der Waals surface area contributed by atoms with Gasteiger partial charge in [-0.25, -0.2) is 0 Å². The number of hydrogen-bond donors (Lipinski definition) is 1. The van der Waals surface area contributed by atoms with E-state index in [1.807, 2.05) is 24.3 Å². The van der Waals surface area contributed by atoms with Crippen LogP contribution >= 0.6 is 0 Å². The molecule has 0 aromatic heterocycles. The molecule has 2 aliphatic heterocycles. The van der Waals surface area contributed by atoms with Crippen LogP contribution in [0.2, 0.25) is 0 Å². The molecule has 5 heteroatoms. The summed E-state index contributed by atoms with van der Waals surface area (Å²) < 4.78 is 6.07. The molecule has 0 aliphatic carbocycles. The molecule has 5 nitrogen and oxygen atoms in total. The minimum atomic E-state index is -0.361. The molecular weight excluding hydrogens is 292 g/mol. The van der Waals surface area contributed by atoms with Crippen molar-refractivity contribution in [3.8, 4) is 0 Å². The molecule has 3 atom stereocenters. The van der Waals surface area contributed by atoms with Gasteiger partial charge in [0.05, 0.1) is 17.1 Å². The number of nitro benzene ring substituents is 1. The quantitative estimate of drug-likeness (QED) is 0.666. The van der Waals surface area contributed by atoms with Crippen LogP contribution in [0.15, 0.2) is 48.5 Å². The van der Waals surface area contributed by atoms with E-state index in [0.717, 1.165) is 30.7 Å². The molecule has 2 aromatic carbocycles. The average Bonchev–Trinajstić information content (AvgIpc) is 2.61. The molecule has 1 fully saturated rings. The molecule has 0 saturated carbocycles. The van der Waals surface area contributed by atoms with Crippen LogP contribution in [0.25, 0.3) is 0 Å². The summed E-state index contributed by atoms with van der Waals surface area (Å²) >= 11 is 0. The molecular formula is C18H18N2O3. The van der Waals surface area contributed by atoms with Gasteiger partial charge in [0.2, 0.25) is 0 Å². The standard InChI is InChI=1S/C18H18N2O3/c21-20(22)13-9-7-12(8-10-13)17-15-5-3-11-23-18(15)14-4-1-2-6-16(14)19-17/h1-2,4,6-10,15,17-19H,3,5,11H2/t15-,17?,18+/m0/s1. The number of benzene rings is 2. The van der Waals surface area contributed by atoms with E-state index in [0.29, 0.717) is 5.92 Å². The van der Waals surface area contributed by atoms with Gasteiger partial charge >= 0.3 is 0 Å². The first-order valence-electron chi connectivity index (χ1n) is 7.95. The smallest absolute Gasteiger partial charge is 0.269 e. The first-order chi connectivity index (χ1) is 11.2. The minimum absolute atomic E-state index is 0.0985. The zero-order valence-electron chi connectivity index (χ0n) is 12.6. The number of hydrogen-bond acceptors (Lipinski definition) is 4. The van der Waals surface area contributed by atoms with Gasteiger partial charge in [0.1, 0.15) is 0 Å². The molecule has 0 amide bonds. The van der Waals surface area contributed by atoms with Gasteiger partial charge in [-0.2, -0.15) is 0 Å². The van der Waals surface area contributed by atoms with Crippen molar-refractivity contribution in [1.29, 1.82) is 0 Å². The highest BCUT2D eigenvalue weighted by Gasteiger charge is 2.39. The highest BCUT2D eigenvalue weighted by molar-refractivity contribution is 5.57. The number of fused-ring (bicyclic) bond motifs is 3. The van der Waals surface area contributed by atoms with E-state index < -0.39 is 0 Å². The van der Waals surface area contributed by atoms with Crippen LogP contribution < -0.4 is 5.32 Å². The predicted octanol–water partition coefficient (Wildman–Crippen LogP) is 4.23. The summed E-state index contributed by atoms with van der Waals surface area (Å²) in [5.74, 6) is 0.347. The lowest BCUT2D eigenvalue weighted by Gasteiger charge is -2.43. The lowest BCUT2D eigenvalue weighted by molar-refractivity contribution is -0.384. The maximum Gasteiger partial charge on any atom is 0.269 e. The van der Waals surface area contributed by atoms with Crippen LogP contribution in [-0.4, -0.2) is 11.5 Å². The van der Waals surface area contributed by atoms with Gasteiger partial charge in [0.15, 0.2) is 0 Å².